The van der Waals surface area contributed by atoms with Gasteiger partial charge in [-0.2, -0.15) is 0 Å². The van der Waals surface area contributed by atoms with Crippen LogP contribution in [-0.4, -0.2) is 19.8 Å². The monoisotopic (exact) mass is 363 g/mol. The van der Waals surface area contributed by atoms with Crippen molar-refractivity contribution in [3.05, 3.63) is 84.4 Å². The van der Waals surface area contributed by atoms with Crippen molar-refractivity contribution in [3.63, 3.8) is 0 Å². The molecule has 0 bridgehead atoms. The molecule has 0 atom stereocenters. The van der Waals surface area contributed by atoms with Crippen LogP contribution < -0.4 is 19.5 Å². The average Bonchev–Trinajstić information content (AvgIpc) is 2.73. The maximum absolute atomic E-state index is 5.72. The first-order valence-electron chi connectivity index (χ1n) is 9.20. The van der Waals surface area contributed by atoms with E-state index >= 15 is 0 Å². The Morgan fingerprint density at radius 3 is 1.81 bits per heavy atom. The minimum absolute atomic E-state index is 0.513. The first kappa shape index (κ1) is 18.6. The van der Waals surface area contributed by atoms with Crippen LogP contribution in [0.4, 0.5) is 5.69 Å². The predicted octanol–water partition coefficient (Wildman–Crippen LogP) is 5.16. The molecule has 0 aliphatic carbocycles. The van der Waals surface area contributed by atoms with E-state index in [4.69, 9.17) is 14.2 Å². The lowest BCUT2D eigenvalue weighted by Gasteiger charge is -2.10. The second kappa shape index (κ2) is 10.1. The molecule has 3 rings (SSSR count). The maximum atomic E-state index is 5.72. The van der Waals surface area contributed by atoms with Gasteiger partial charge >= 0.3 is 0 Å². The zero-order valence-corrected chi connectivity index (χ0v) is 15.6. The van der Waals surface area contributed by atoms with Crippen molar-refractivity contribution >= 4 is 5.69 Å². The zero-order valence-electron chi connectivity index (χ0n) is 15.6. The van der Waals surface area contributed by atoms with E-state index in [1.807, 2.05) is 73.7 Å². The van der Waals surface area contributed by atoms with Crippen LogP contribution in [0.25, 0.3) is 0 Å². The van der Waals surface area contributed by atoms with Crippen LogP contribution in [0.1, 0.15) is 12.5 Å². The van der Waals surface area contributed by atoms with Crippen LogP contribution >= 0.6 is 0 Å². The molecule has 0 radical (unpaired) electrons. The number of para-hydroxylation sites is 1. The predicted molar refractivity (Wildman–Crippen MR) is 109 cm³/mol. The smallest absolute Gasteiger partial charge is 0.122 e. The van der Waals surface area contributed by atoms with E-state index < -0.39 is 0 Å². The van der Waals surface area contributed by atoms with Crippen molar-refractivity contribution in [1.82, 2.24) is 0 Å². The first-order valence-corrected chi connectivity index (χ1v) is 9.20. The van der Waals surface area contributed by atoms with Gasteiger partial charge < -0.3 is 19.5 Å². The summed E-state index contributed by atoms with van der Waals surface area (Å²) in [6.07, 6.45) is 0. The van der Waals surface area contributed by atoms with Crippen LogP contribution in [0.15, 0.2) is 78.9 Å². The fraction of sp³-hybridized carbons (Fsp3) is 0.217. The van der Waals surface area contributed by atoms with E-state index in [0.29, 0.717) is 19.8 Å². The van der Waals surface area contributed by atoms with Crippen LogP contribution in [0, 0.1) is 0 Å². The summed E-state index contributed by atoms with van der Waals surface area (Å²) in [4.78, 5) is 0. The highest BCUT2D eigenvalue weighted by atomic mass is 16.5. The van der Waals surface area contributed by atoms with Gasteiger partial charge in [0.25, 0.3) is 0 Å². The molecule has 3 aromatic carbocycles. The highest BCUT2D eigenvalue weighted by Gasteiger charge is 1.99. The standard InChI is InChI=1S/C23H25NO3/c1-2-25-22-14-10-20(11-15-22)24-18-19-8-12-23(13-9-19)27-17-16-26-21-6-4-3-5-7-21/h3-15,24H,2,16-18H2,1H3. The van der Waals surface area contributed by atoms with Crippen molar-refractivity contribution in [3.8, 4) is 17.2 Å². The average molecular weight is 363 g/mol. The van der Waals surface area contributed by atoms with Gasteiger partial charge in [-0.15, -0.1) is 0 Å². The first-order chi connectivity index (χ1) is 13.3. The highest BCUT2D eigenvalue weighted by molar-refractivity contribution is 5.47. The van der Waals surface area contributed by atoms with Crippen LogP contribution in [-0.2, 0) is 6.54 Å². The van der Waals surface area contributed by atoms with Crippen molar-refractivity contribution in [1.29, 1.82) is 0 Å². The molecular formula is C23H25NO3. The Kier molecular flexibility index (Phi) is 6.99. The molecule has 0 aliphatic rings. The molecule has 0 saturated heterocycles. The number of ether oxygens (including phenoxy) is 3. The summed E-state index contributed by atoms with van der Waals surface area (Å²) in [5, 5.41) is 3.40. The number of hydrogen-bond acceptors (Lipinski definition) is 4. The molecule has 3 aromatic rings. The summed E-state index contributed by atoms with van der Waals surface area (Å²) in [5.41, 5.74) is 2.26. The zero-order chi connectivity index (χ0) is 18.7. The van der Waals surface area contributed by atoms with E-state index in [9.17, 15) is 0 Å². The quantitative estimate of drug-likeness (QED) is 0.505. The molecule has 0 amide bonds. The fourth-order valence-corrected chi connectivity index (χ4v) is 2.58. The number of hydrogen-bond donors (Lipinski definition) is 1. The Balaban J connectivity index is 1.39. The molecule has 0 saturated carbocycles. The van der Waals surface area contributed by atoms with Crippen molar-refractivity contribution < 1.29 is 14.2 Å². The third-order valence-electron chi connectivity index (χ3n) is 3.95. The highest BCUT2D eigenvalue weighted by Crippen LogP contribution is 2.17. The molecule has 4 nitrogen and oxygen atoms in total. The van der Waals surface area contributed by atoms with Crippen LogP contribution in [0.3, 0.4) is 0 Å². The molecule has 27 heavy (non-hydrogen) atoms. The molecular weight excluding hydrogens is 338 g/mol. The van der Waals surface area contributed by atoms with Crippen molar-refractivity contribution in [2.75, 3.05) is 25.1 Å². The molecule has 0 aromatic heterocycles. The van der Waals surface area contributed by atoms with E-state index in [1.165, 1.54) is 5.56 Å². The Morgan fingerprint density at radius 1 is 0.630 bits per heavy atom. The second-order valence-electron chi connectivity index (χ2n) is 5.96. The number of anilines is 1. The third kappa shape index (κ3) is 6.26. The van der Waals surface area contributed by atoms with E-state index in [1.54, 1.807) is 0 Å². The van der Waals surface area contributed by atoms with E-state index in [0.717, 1.165) is 29.5 Å². The number of nitrogens with one attached hydrogen (secondary N) is 1. The Morgan fingerprint density at radius 2 is 1.19 bits per heavy atom. The summed E-state index contributed by atoms with van der Waals surface area (Å²) in [7, 11) is 0. The Bertz CT molecular complexity index is 786. The van der Waals surface area contributed by atoms with Gasteiger partial charge in [-0.1, -0.05) is 30.3 Å². The van der Waals surface area contributed by atoms with Crippen molar-refractivity contribution in [2.24, 2.45) is 0 Å². The van der Waals surface area contributed by atoms with Gasteiger partial charge in [0.05, 0.1) is 6.61 Å². The molecule has 0 fully saturated rings. The SMILES string of the molecule is CCOc1ccc(NCc2ccc(OCCOc3ccccc3)cc2)cc1. The second-order valence-corrected chi connectivity index (χ2v) is 5.96. The molecule has 0 unspecified atom stereocenters. The lowest BCUT2D eigenvalue weighted by atomic mass is 10.2. The van der Waals surface area contributed by atoms with Gasteiger partial charge in [-0.25, -0.2) is 0 Å². The molecule has 1 N–H and O–H groups in total. The summed E-state index contributed by atoms with van der Waals surface area (Å²) in [6, 6.07) is 25.8. The largest absolute Gasteiger partial charge is 0.494 e. The van der Waals surface area contributed by atoms with Gasteiger partial charge in [0, 0.05) is 12.2 Å². The lowest BCUT2D eigenvalue weighted by Crippen LogP contribution is -2.09. The maximum Gasteiger partial charge on any atom is 0.122 e. The molecule has 0 spiro atoms. The van der Waals surface area contributed by atoms with Gasteiger partial charge in [0.1, 0.15) is 30.5 Å². The van der Waals surface area contributed by atoms with Crippen LogP contribution in [0.5, 0.6) is 17.2 Å². The number of rotatable bonds is 10. The van der Waals surface area contributed by atoms with Gasteiger partial charge in [-0.3, -0.25) is 0 Å². The minimum Gasteiger partial charge on any atom is -0.494 e. The van der Waals surface area contributed by atoms with E-state index in [2.05, 4.69) is 17.4 Å². The summed E-state index contributed by atoms with van der Waals surface area (Å²) in [6.45, 7) is 4.45. The van der Waals surface area contributed by atoms with Gasteiger partial charge in [0.15, 0.2) is 0 Å². The lowest BCUT2D eigenvalue weighted by molar-refractivity contribution is 0.217. The number of benzene rings is 3. The Hall–Kier alpha value is -3.14. The summed E-state index contributed by atoms with van der Waals surface area (Å²) < 4.78 is 16.8. The molecule has 0 aliphatic heterocycles. The van der Waals surface area contributed by atoms with Gasteiger partial charge in [-0.05, 0) is 61.0 Å². The molecule has 0 heterocycles. The summed E-state index contributed by atoms with van der Waals surface area (Å²) >= 11 is 0. The Labute approximate surface area is 160 Å². The fourth-order valence-electron chi connectivity index (χ4n) is 2.58. The summed E-state index contributed by atoms with van der Waals surface area (Å²) in [5.74, 6) is 2.59. The normalized spacial score (nSPS) is 10.3. The van der Waals surface area contributed by atoms with Gasteiger partial charge in [0.2, 0.25) is 0 Å². The third-order valence-corrected chi connectivity index (χ3v) is 3.95. The minimum atomic E-state index is 0.513. The molecule has 140 valence electrons. The molecule has 4 heteroatoms. The van der Waals surface area contributed by atoms with E-state index in [-0.39, 0.29) is 0 Å². The topological polar surface area (TPSA) is 39.7 Å². The van der Waals surface area contributed by atoms with Crippen molar-refractivity contribution in [2.45, 2.75) is 13.5 Å². The van der Waals surface area contributed by atoms with Crippen LogP contribution in [0.2, 0.25) is 0 Å².